The fraction of sp³-hybridized carbons (Fsp3) is 0.357. The van der Waals surface area contributed by atoms with Crippen LogP contribution in [0.3, 0.4) is 0 Å². The molecule has 2 rings (SSSR count). The van der Waals surface area contributed by atoms with Crippen molar-refractivity contribution in [3.8, 4) is 0 Å². The molecular formula is C14H19BrIN3OS. The Kier molecular flexibility index (Phi) is 8.35. The third-order valence-electron chi connectivity index (χ3n) is 2.83. The number of rotatable bonds is 5. The molecule has 0 radical (unpaired) electrons. The molecule has 1 N–H and O–H groups in total. The molecular weight excluding hydrogens is 465 g/mol. The fourth-order valence-corrected chi connectivity index (χ4v) is 3.42. The molecule has 7 heteroatoms. The number of nitrogens with one attached hydrogen (secondary N) is 1. The van der Waals surface area contributed by atoms with Gasteiger partial charge in [0.2, 0.25) is 0 Å². The van der Waals surface area contributed by atoms with E-state index in [0.29, 0.717) is 0 Å². The minimum Gasteiger partial charge on any atom is -0.469 e. The van der Waals surface area contributed by atoms with Crippen LogP contribution in [0.5, 0.6) is 0 Å². The van der Waals surface area contributed by atoms with Crippen LogP contribution in [0.25, 0.3) is 0 Å². The Labute approximate surface area is 154 Å². The van der Waals surface area contributed by atoms with Crippen LogP contribution in [-0.2, 0) is 13.0 Å². The van der Waals surface area contributed by atoms with Gasteiger partial charge >= 0.3 is 0 Å². The van der Waals surface area contributed by atoms with Crippen LogP contribution in [0.15, 0.2) is 43.7 Å². The lowest BCUT2D eigenvalue weighted by Gasteiger charge is -2.21. The number of nitrogens with zero attached hydrogens (tertiary/aromatic N) is 2. The second-order valence-electron chi connectivity index (χ2n) is 4.37. The summed E-state index contributed by atoms with van der Waals surface area (Å²) in [7, 11) is 3.84. The molecule has 0 unspecified atom stereocenters. The molecule has 0 aromatic carbocycles. The zero-order chi connectivity index (χ0) is 14.4. The van der Waals surface area contributed by atoms with Crippen LogP contribution in [0.2, 0.25) is 0 Å². The number of hydrogen-bond donors (Lipinski definition) is 1. The lowest BCUT2D eigenvalue weighted by atomic mass is 10.3. The molecule has 2 aromatic heterocycles. The second-order valence-corrected chi connectivity index (χ2v) is 6.91. The third-order valence-corrected chi connectivity index (χ3v) is 4.44. The number of halogens is 2. The first kappa shape index (κ1) is 18.5. The zero-order valence-corrected chi connectivity index (χ0v) is 16.7. The van der Waals surface area contributed by atoms with Gasteiger partial charge in [-0.2, -0.15) is 0 Å². The lowest BCUT2D eigenvalue weighted by Crippen LogP contribution is -2.39. The summed E-state index contributed by atoms with van der Waals surface area (Å²) in [4.78, 5) is 7.71. The number of guanidine groups is 1. The maximum absolute atomic E-state index is 5.31. The van der Waals surface area contributed by atoms with Gasteiger partial charge in [-0.3, -0.25) is 4.99 Å². The van der Waals surface area contributed by atoms with Gasteiger partial charge in [0.25, 0.3) is 0 Å². The quantitative estimate of drug-likeness (QED) is 0.397. The van der Waals surface area contributed by atoms with Crippen molar-refractivity contribution in [2.45, 2.75) is 13.0 Å². The Morgan fingerprint density at radius 1 is 1.43 bits per heavy atom. The average molecular weight is 484 g/mol. The number of thiophene rings is 1. The van der Waals surface area contributed by atoms with E-state index < -0.39 is 0 Å². The van der Waals surface area contributed by atoms with Crippen LogP contribution < -0.4 is 5.32 Å². The molecule has 0 spiro atoms. The smallest absolute Gasteiger partial charge is 0.193 e. The Morgan fingerprint density at radius 3 is 2.81 bits per heavy atom. The van der Waals surface area contributed by atoms with Crippen molar-refractivity contribution in [2.24, 2.45) is 4.99 Å². The lowest BCUT2D eigenvalue weighted by molar-refractivity contribution is 0.473. The van der Waals surface area contributed by atoms with E-state index in [1.165, 1.54) is 4.88 Å². The molecule has 0 amide bonds. The molecule has 0 fully saturated rings. The SMILES string of the molecule is CN=C(NCCc1ccco1)N(C)Cc1ccc(Br)s1.I. The number of hydrogen-bond acceptors (Lipinski definition) is 3. The maximum atomic E-state index is 5.31. The molecule has 4 nitrogen and oxygen atoms in total. The van der Waals surface area contributed by atoms with E-state index in [4.69, 9.17) is 4.42 Å². The molecule has 0 aliphatic heterocycles. The summed E-state index contributed by atoms with van der Waals surface area (Å²) in [5.41, 5.74) is 0. The van der Waals surface area contributed by atoms with E-state index in [-0.39, 0.29) is 24.0 Å². The van der Waals surface area contributed by atoms with Crippen molar-refractivity contribution in [2.75, 3.05) is 20.6 Å². The van der Waals surface area contributed by atoms with Crippen molar-refractivity contribution >= 4 is 57.2 Å². The normalized spacial score (nSPS) is 11.1. The molecule has 21 heavy (non-hydrogen) atoms. The summed E-state index contributed by atoms with van der Waals surface area (Å²) in [5.74, 6) is 1.87. The van der Waals surface area contributed by atoms with Gasteiger partial charge in [-0.15, -0.1) is 35.3 Å². The van der Waals surface area contributed by atoms with Gasteiger partial charge in [0, 0.05) is 31.9 Å². The third kappa shape index (κ3) is 5.99. The minimum atomic E-state index is 0. The van der Waals surface area contributed by atoms with E-state index in [0.717, 1.165) is 35.0 Å². The highest BCUT2D eigenvalue weighted by Crippen LogP contribution is 2.22. The first-order chi connectivity index (χ1) is 9.69. The summed E-state index contributed by atoms with van der Waals surface area (Å²) in [6, 6.07) is 8.09. The van der Waals surface area contributed by atoms with Crippen molar-refractivity contribution in [3.63, 3.8) is 0 Å². The zero-order valence-electron chi connectivity index (χ0n) is 12.0. The van der Waals surface area contributed by atoms with Gasteiger partial charge < -0.3 is 14.6 Å². The van der Waals surface area contributed by atoms with Crippen molar-refractivity contribution in [3.05, 3.63) is 45.0 Å². The second kappa shape index (κ2) is 9.47. The van der Waals surface area contributed by atoms with Crippen molar-refractivity contribution in [1.82, 2.24) is 10.2 Å². The predicted molar refractivity (Wildman–Crippen MR) is 103 cm³/mol. The van der Waals surface area contributed by atoms with E-state index >= 15 is 0 Å². The van der Waals surface area contributed by atoms with E-state index in [1.54, 1.807) is 24.6 Å². The Hall–Kier alpha value is -0.540. The topological polar surface area (TPSA) is 40.8 Å². The highest BCUT2D eigenvalue weighted by Gasteiger charge is 2.08. The van der Waals surface area contributed by atoms with Crippen LogP contribution in [0.1, 0.15) is 10.6 Å². The van der Waals surface area contributed by atoms with Crippen LogP contribution >= 0.6 is 51.2 Å². The molecule has 116 valence electrons. The van der Waals surface area contributed by atoms with Crippen LogP contribution in [0.4, 0.5) is 0 Å². The maximum Gasteiger partial charge on any atom is 0.193 e. The molecule has 0 saturated heterocycles. The van der Waals surface area contributed by atoms with Gasteiger partial charge in [-0.05, 0) is 40.2 Å². The van der Waals surface area contributed by atoms with E-state index in [2.05, 4.69) is 43.3 Å². The van der Waals surface area contributed by atoms with E-state index in [1.807, 2.05) is 19.2 Å². The van der Waals surface area contributed by atoms with Crippen LogP contribution in [-0.4, -0.2) is 31.5 Å². The number of aliphatic imine (C=N–C) groups is 1. The summed E-state index contributed by atoms with van der Waals surface area (Å²) < 4.78 is 6.47. The summed E-state index contributed by atoms with van der Waals surface area (Å²) >= 11 is 5.23. The number of furan rings is 1. The fourth-order valence-electron chi connectivity index (χ4n) is 1.88. The molecule has 0 bridgehead atoms. The van der Waals surface area contributed by atoms with Crippen molar-refractivity contribution < 1.29 is 4.42 Å². The molecule has 0 aliphatic rings. The Balaban J connectivity index is 0.00000220. The van der Waals surface area contributed by atoms with Gasteiger partial charge in [-0.25, -0.2) is 0 Å². The first-order valence-corrected chi connectivity index (χ1v) is 7.98. The van der Waals surface area contributed by atoms with Gasteiger partial charge in [0.05, 0.1) is 16.6 Å². The Bertz CT molecular complexity index is 556. The van der Waals surface area contributed by atoms with Crippen LogP contribution in [0, 0.1) is 0 Å². The summed E-state index contributed by atoms with van der Waals surface area (Å²) in [5, 5.41) is 3.34. The highest BCUT2D eigenvalue weighted by atomic mass is 127. The van der Waals surface area contributed by atoms with Gasteiger partial charge in [-0.1, -0.05) is 0 Å². The first-order valence-electron chi connectivity index (χ1n) is 6.37. The standard InChI is InChI=1S/C14H18BrN3OS.HI/c1-16-14(17-8-7-11-4-3-9-19-11)18(2)10-12-5-6-13(15)20-12;/h3-6,9H,7-8,10H2,1-2H3,(H,16,17);1H. The predicted octanol–water partition coefficient (Wildman–Crippen LogP) is 3.97. The molecule has 2 heterocycles. The van der Waals surface area contributed by atoms with E-state index in [9.17, 15) is 0 Å². The molecule has 2 aromatic rings. The highest BCUT2D eigenvalue weighted by molar-refractivity contribution is 14.0. The largest absolute Gasteiger partial charge is 0.469 e. The van der Waals surface area contributed by atoms with Gasteiger partial charge in [0.15, 0.2) is 5.96 Å². The van der Waals surface area contributed by atoms with Crippen molar-refractivity contribution in [1.29, 1.82) is 0 Å². The molecule has 0 atom stereocenters. The monoisotopic (exact) mass is 483 g/mol. The Morgan fingerprint density at radius 2 is 2.24 bits per heavy atom. The minimum absolute atomic E-state index is 0. The average Bonchev–Trinajstić information content (AvgIpc) is 3.06. The molecule has 0 aliphatic carbocycles. The summed E-state index contributed by atoms with van der Waals surface area (Å²) in [6.45, 7) is 1.65. The summed E-state index contributed by atoms with van der Waals surface area (Å²) in [6.07, 6.45) is 2.55. The molecule has 0 saturated carbocycles. The van der Waals surface area contributed by atoms with Gasteiger partial charge in [0.1, 0.15) is 5.76 Å².